The highest BCUT2D eigenvalue weighted by molar-refractivity contribution is 7.89. The molecule has 0 radical (unpaired) electrons. The number of halogens is 1. The van der Waals surface area contributed by atoms with Crippen molar-refractivity contribution in [2.24, 2.45) is 5.92 Å². The van der Waals surface area contributed by atoms with Crippen LogP contribution in [0.1, 0.15) is 72.1 Å². The first kappa shape index (κ1) is 31.6. The fraction of sp³-hybridized carbons (Fsp3) is 0.613. The normalized spacial score (nSPS) is 25.0. The molecule has 4 saturated heterocycles. The van der Waals surface area contributed by atoms with Crippen molar-refractivity contribution in [3.63, 3.8) is 0 Å². The molecule has 1 unspecified atom stereocenters. The van der Waals surface area contributed by atoms with Crippen LogP contribution < -0.4 is 15.5 Å². The Labute approximate surface area is 263 Å². The second-order valence-electron chi connectivity index (χ2n) is 12.8. The van der Waals surface area contributed by atoms with Gasteiger partial charge in [0.25, 0.3) is 11.8 Å². The van der Waals surface area contributed by atoms with Gasteiger partial charge in [-0.1, -0.05) is 6.58 Å². The Balaban J connectivity index is 1.00. The number of nitrogens with zero attached hydrogens (tertiary/aromatic N) is 4. The van der Waals surface area contributed by atoms with Crippen molar-refractivity contribution in [1.29, 1.82) is 0 Å². The number of benzene rings is 1. The SMILES string of the molecule is C=CNC1CCN(S(=O)(=O)C2CCN(CC3CCN(c4cc5c(cc4F)C(=O)N(C4CCC(=O)NC4=O)C5=O)CC3)CC2)CC1. The summed E-state index contributed by atoms with van der Waals surface area (Å²) in [6.07, 6.45) is 6.17. The van der Waals surface area contributed by atoms with Crippen LogP contribution in [-0.2, 0) is 19.6 Å². The lowest BCUT2D eigenvalue weighted by molar-refractivity contribution is -0.136. The number of imide groups is 2. The Morgan fingerprint density at radius 1 is 0.889 bits per heavy atom. The molecule has 45 heavy (non-hydrogen) atoms. The van der Waals surface area contributed by atoms with E-state index in [4.69, 9.17) is 0 Å². The smallest absolute Gasteiger partial charge is 0.262 e. The maximum absolute atomic E-state index is 15.3. The van der Waals surface area contributed by atoms with E-state index in [9.17, 15) is 27.6 Å². The highest BCUT2D eigenvalue weighted by Crippen LogP contribution is 2.34. The molecular weight excluding hydrogens is 603 g/mol. The van der Waals surface area contributed by atoms with Gasteiger partial charge in [0.15, 0.2) is 0 Å². The fourth-order valence-corrected chi connectivity index (χ4v) is 9.44. The van der Waals surface area contributed by atoms with E-state index in [-0.39, 0.29) is 40.9 Å². The van der Waals surface area contributed by atoms with Crippen LogP contribution in [0.2, 0.25) is 0 Å². The van der Waals surface area contributed by atoms with Crippen LogP contribution in [0.5, 0.6) is 0 Å². The average Bonchev–Trinajstić information content (AvgIpc) is 3.26. The zero-order valence-electron chi connectivity index (χ0n) is 25.4. The van der Waals surface area contributed by atoms with Crippen molar-refractivity contribution in [2.45, 2.75) is 68.7 Å². The summed E-state index contributed by atoms with van der Waals surface area (Å²) in [5.74, 6) is -2.74. The van der Waals surface area contributed by atoms with Gasteiger partial charge in [0.1, 0.15) is 11.9 Å². The largest absolute Gasteiger partial charge is 0.389 e. The molecule has 5 heterocycles. The minimum absolute atomic E-state index is 0.0171. The maximum atomic E-state index is 15.3. The molecule has 1 aromatic rings. The number of amides is 4. The zero-order chi connectivity index (χ0) is 31.9. The van der Waals surface area contributed by atoms with Crippen molar-refractivity contribution < 1.29 is 32.0 Å². The highest BCUT2D eigenvalue weighted by atomic mass is 32.2. The van der Waals surface area contributed by atoms with Crippen molar-refractivity contribution >= 4 is 39.3 Å². The summed E-state index contributed by atoms with van der Waals surface area (Å²) < 4.78 is 43.6. The van der Waals surface area contributed by atoms with Crippen LogP contribution in [0.15, 0.2) is 24.9 Å². The Morgan fingerprint density at radius 3 is 2.16 bits per heavy atom. The van der Waals surface area contributed by atoms with E-state index in [1.807, 2.05) is 4.90 Å². The molecule has 4 amide bonds. The lowest BCUT2D eigenvalue weighted by Gasteiger charge is -2.40. The number of likely N-dealkylation sites (tertiary alicyclic amines) is 1. The number of carbonyl (C=O) groups excluding carboxylic acids is 4. The standard InChI is InChI=1S/C31H41FN6O6S/c1-2-33-21-7-15-37(16-8-21)45(43,44)22-9-11-35(12-10-22)19-20-5-13-36(14-6-20)27-18-24-23(17-25(27)32)30(41)38(31(24)42)26-3-4-28(39)34-29(26)40/h2,17-18,20-22,26,33H,1,3-16,19H2,(H,34,39,40). The van der Waals surface area contributed by atoms with Crippen LogP contribution in [0.25, 0.3) is 0 Å². The minimum atomic E-state index is -3.32. The van der Waals surface area contributed by atoms with Gasteiger partial charge in [-0.25, -0.2) is 17.1 Å². The van der Waals surface area contributed by atoms with E-state index in [0.29, 0.717) is 44.9 Å². The Morgan fingerprint density at radius 2 is 1.53 bits per heavy atom. The van der Waals surface area contributed by atoms with E-state index >= 15 is 4.39 Å². The van der Waals surface area contributed by atoms with E-state index in [1.165, 1.54) is 6.07 Å². The summed E-state index contributed by atoms with van der Waals surface area (Å²) in [5.41, 5.74) is 0.257. The lowest BCUT2D eigenvalue weighted by Crippen LogP contribution is -2.54. The summed E-state index contributed by atoms with van der Waals surface area (Å²) in [6.45, 7) is 8.28. The van der Waals surface area contributed by atoms with E-state index in [0.717, 1.165) is 56.3 Å². The number of hydrogen-bond donors (Lipinski definition) is 2. The monoisotopic (exact) mass is 644 g/mol. The van der Waals surface area contributed by atoms with Crippen LogP contribution in [-0.4, -0.2) is 109 Å². The van der Waals surface area contributed by atoms with Crippen molar-refractivity contribution in [3.05, 3.63) is 41.9 Å². The minimum Gasteiger partial charge on any atom is -0.389 e. The molecule has 6 rings (SSSR count). The third kappa shape index (κ3) is 6.24. The molecule has 0 saturated carbocycles. The molecule has 244 valence electrons. The molecule has 0 aromatic heterocycles. The van der Waals surface area contributed by atoms with Gasteiger partial charge in [-0.15, -0.1) is 0 Å². The third-order valence-corrected chi connectivity index (χ3v) is 12.5. The van der Waals surface area contributed by atoms with Crippen molar-refractivity contribution in [3.8, 4) is 0 Å². The van der Waals surface area contributed by atoms with Crippen LogP contribution >= 0.6 is 0 Å². The summed E-state index contributed by atoms with van der Waals surface area (Å²) >= 11 is 0. The number of piperidine rings is 4. The Kier molecular flexibility index (Phi) is 8.99. The van der Waals surface area contributed by atoms with Gasteiger partial charge in [0.2, 0.25) is 21.8 Å². The van der Waals surface area contributed by atoms with Gasteiger partial charge >= 0.3 is 0 Å². The molecule has 1 atom stereocenters. The molecule has 5 aliphatic rings. The van der Waals surface area contributed by atoms with Gasteiger partial charge in [0.05, 0.1) is 22.1 Å². The number of nitrogens with one attached hydrogen (secondary N) is 2. The molecule has 2 N–H and O–H groups in total. The van der Waals surface area contributed by atoms with Crippen LogP contribution in [0, 0.1) is 11.7 Å². The van der Waals surface area contributed by atoms with Crippen molar-refractivity contribution in [1.82, 2.24) is 24.7 Å². The van der Waals surface area contributed by atoms with E-state index < -0.39 is 45.5 Å². The summed E-state index contributed by atoms with van der Waals surface area (Å²) in [7, 11) is -3.32. The van der Waals surface area contributed by atoms with Crippen LogP contribution in [0.3, 0.4) is 0 Å². The van der Waals surface area contributed by atoms with E-state index in [2.05, 4.69) is 22.1 Å². The molecule has 5 aliphatic heterocycles. The van der Waals surface area contributed by atoms with Gasteiger partial charge in [-0.3, -0.25) is 29.4 Å². The average molecular weight is 645 g/mol. The molecule has 14 heteroatoms. The lowest BCUT2D eigenvalue weighted by atomic mass is 9.94. The maximum Gasteiger partial charge on any atom is 0.262 e. The Bertz CT molecular complexity index is 1480. The molecule has 0 aliphatic carbocycles. The first-order valence-electron chi connectivity index (χ1n) is 15.9. The quantitative estimate of drug-likeness (QED) is 0.403. The number of carbonyl (C=O) groups is 4. The predicted molar refractivity (Wildman–Crippen MR) is 164 cm³/mol. The Hall–Kier alpha value is -3.36. The topological polar surface area (TPSA) is 139 Å². The zero-order valence-corrected chi connectivity index (χ0v) is 26.2. The first-order valence-corrected chi connectivity index (χ1v) is 17.5. The van der Waals surface area contributed by atoms with Gasteiger partial charge < -0.3 is 15.1 Å². The molecular formula is C31H41FN6O6S. The second kappa shape index (κ2) is 12.8. The molecule has 12 nitrogen and oxygen atoms in total. The van der Waals surface area contributed by atoms with Crippen LogP contribution in [0.4, 0.5) is 10.1 Å². The number of hydrogen-bond acceptors (Lipinski definition) is 9. The van der Waals surface area contributed by atoms with Gasteiger partial charge in [-0.05, 0) is 82.3 Å². The first-order chi connectivity index (χ1) is 21.6. The number of anilines is 1. The van der Waals surface area contributed by atoms with Gasteiger partial charge in [-0.2, -0.15) is 0 Å². The predicted octanol–water partition coefficient (Wildman–Crippen LogP) is 1.44. The van der Waals surface area contributed by atoms with E-state index in [1.54, 1.807) is 10.5 Å². The highest BCUT2D eigenvalue weighted by Gasteiger charge is 2.45. The number of sulfonamides is 1. The summed E-state index contributed by atoms with van der Waals surface area (Å²) in [5, 5.41) is 5.01. The van der Waals surface area contributed by atoms with Crippen molar-refractivity contribution in [2.75, 3.05) is 50.7 Å². The van der Waals surface area contributed by atoms with Gasteiger partial charge in [0, 0.05) is 45.2 Å². The molecule has 0 bridgehead atoms. The number of rotatable bonds is 8. The number of fused-ring (bicyclic) bond motifs is 1. The summed E-state index contributed by atoms with van der Waals surface area (Å²) in [6, 6.07) is 1.69. The molecule has 4 fully saturated rings. The molecule has 1 aromatic carbocycles. The molecule has 0 spiro atoms. The third-order valence-electron chi connectivity index (χ3n) is 10.1. The second-order valence-corrected chi connectivity index (χ2v) is 15.0. The fourth-order valence-electron chi connectivity index (χ4n) is 7.49. The summed E-state index contributed by atoms with van der Waals surface area (Å²) in [4.78, 5) is 55.2.